The first kappa shape index (κ1) is 17.8. The quantitative estimate of drug-likeness (QED) is 0.805. The van der Waals surface area contributed by atoms with E-state index in [1.807, 2.05) is 0 Å². The smallest absolute Gasteiger partial charge is 0.0303 e. The first-order valence-electron chi connectivity index (χ1n) is 7.95. The van der Waals surface area contributed by atoms with Crippen molar-refractivity contribution >= 4 is 0 Å². The lowest BCUT2D eigenvalue weighted by Crippen LogP contribution is -2.31. The molecule has 0 fully saturated rings. The molecule has 21 heavy (non-hydrogen) atoms. The van der Waals surface area contributed by atoms with Crippen molar-refractivity contribution < 1.29 is 0 Å². The maximum Gasteiger partial charge on any atom is 0.0303 e. The molecule has 2 N–H and O–H groups in total. The van der Waals surface area contributed by atoms with Crippen molar-refractivity contribution in [2.24, 2.45) is 22.5 Å². The van der Waals surface area contributed by atoms with Crippen LogP contribution in [0.3, 0.4) is 0 Å². The topological polar surface area (TPSA) is 26.0 Å². The minimum atomic E-state index is 0.183. The van der Waals surface area contributed by atoms with Gasteiger partial charge in [0.25, 0.3) is 0 Å². The van der Waals surface area contributed by atoms with Crippen molar-refractivity contribution in [2.75, 3.05) is 6.54 Å². The number of hydrogen-bond donors (Lipinski definition) is 1. The van der Waals surface area contributed by atoms with Crippen LogP contribution in [-0.2, 0) is 6.42 Å². The van der Waals surface area contributed by atoms with E-state index in [2.05, 4.69) is 77.6 Å². The molecule has 0 unspecified atom stereocenters. The van der Waals surface area contributed by atoms with E-state index in [4.69, 9.17) is 5.73 Å². The summed E-state index contributed by atoms with van der Waals surface area (Å²) in [6.07, 6.45) is 2.07. The molecule has 0 heterocycles. The van der Waals surface area contributed by atoms with Gasteiger partial charge in [0.1, 0.15) is 0 Å². The third kappa shape index (κ3) is 5.94. The lowest BCUT2D eigenvalue weighted by atomic mass is 9.67. The second kappa shape index (κ2) is 7.14. The van der Waals surface area contributed by atoms with Crippen molar-refractivity contribution in [1.82, 2.24) is 0 Å². The summed E-state index contributed by atoms with van der Waals surface area (Å²) in [4.78, 5) is 0. The summed E-state index contributed by atoms with van der Waals surface area (Å²) in [7, 11) is 0. The Kier molecular flexibility index (Phi) is 6.05. The summed E-state index contributed by atoms with van der Waals surface area (Å²) in [5.41, 5.74) is 8.39. The Morgan fingerprint density at radius 3 is 2.19 bits per heavy atom. The summed E-state index contributed by atoms with van der Waals surface area (Å²) in [5, 5.41) is 0. The van der Waals surface area contributed by atoms with Gasteiger partial charge in [0.2, 0.25) is 0 Å². The molecule has 0 aliphatic rings. The Balaban J connectivity index is 2.99. The Morgan fingerprint density at radius 2 is 1.67 bits per heavy atom. The molecule has 0 spiro atoms. The maximum absolute atomic E-state index is 5.58. The fourth-order valence-corrected chi connectivity index (χ4v) is 3.00. The molecule has 1 heteroatoms. The van der Waals surface area contributed by atoms with Crippen LogP contribution in [0.5, 0.6) is 0 Å². The average molecular weight is 285 g/mol. The molecule has 0 bridgehead atoms. The molecule has 0 aromatic heterocycles. The Bertz CT molecular complexity index is 489. The van der Waals surface area contributed by atoms with Crippen molar-refractivity contribution in [2.45, 2.75) is 54.4 Å². The van der Waals surface area contributed by atoms with Gasteiger partial charge in [-0.1, -0.05) is 65.5 Å². The van der Waals surface area contributed by atoms with Gasteiger partial charge in [-0.3, -0.25) is 0 Å². The third-order valence-electron chi connectivity index (χ3n) is 3.69. The predicted molar refractivity (Wildman–Crippen MR) is 93.1 cm³/mol. The number of aryl methyl sites for hydroxylation is 1. The monoisotopic (exact) mass is 285 g/mol. The van der Waals surface area contributed by atoms with E-state index in [-0.39, 0.29) is 10.8 Å². The van der Waals surface area contributed by atoms with Gasteiger partial charge < -0.3 is 5.73 Å². The molecule has 0 radical (unpaired) electrons. The van der Waals surface area contributed by atoms with Crippen molar-refractivity contribution in [3.05, 3.63) is 35.4 Å². The van der Waals surface area contributed by atoms with Crippen LogP contribution in [0.2, 0.25) is 0 Å². The Labute approximate surface area is 131 Å². The Morgan fingerprint density at radius 1 is 1.05 bits per heavy atom. The van der Waals surface area contributed by atoms with Gasteiger partial charge in [0.15, 0.2) is 0 Å². The summed E-state index contributed by atoms with van der Waals surface area (Å²) in [6, 6.07) is 8.55. The zero-order valence-electron chi connectivity index (χ0n) is 14.6. The lowest BCUT2D eigenvalue weighted by Gasteiger charge is -2.37. The summed E-state index contributed by atoms with van der Waals surface area (Å²) < 4.78 is 0. The van der Waals surface area contributed by atoms with E-state index in [1.165, 1.54) is 5.56 Å². The zero-order chi connectivity index (χ0) is 16.1. The third-order valence-corrected chi connectivity index (χ3v) is 3.69. The van der Waals surface area contributed by atoms with Crippen LogP contribution in [0.15, 0.2) is 24.3 Å². The largest absolute Gasteiger partial charge is 0.330 e. The van der Waals surface area contributed by atoms with Gasteiger partial charge in [-0.05, 0) is 47.9 Å². The molecule has 116 valence electrons. The van der Waals surface area contributed by atoms with Crippen LogP contribution >= 0.6 is 0 Å². The van der Waals surface area contributed by atoms with Crippen LogP contribution in [0.25, 0.3) is 0 Å². The Hall–Kier alpha value is -1.26. The SMILES string of the molecule is CC(C)(C)C(C#Cc1cccc(CCCN)c1)C(C)(C)C. The van der Waals surface area contributed by atoms with Crippen LogP contribution in [-0.4, -0.2) is 6.54 Å². The van der Waals surface area contributed by atoms with Gasteiger partial charge in [-0.15, -0.1) is 0 Å². The molecule has 0 saturated carbocycles. The highest BCUT2D eigenvalue weighted by molar-refractivity contribution is 5.38. The zero-order valence-corrected chi connectivity index (χ0v) is 14.6. The van der Waals surface area contributed by atoms with E-state index >= 15 is 0 Å². The summed E-state index contributed by atoms with van der Waals surface area (Å²) in [5.74, 6) is 7.28. The molecular formula is C20H31N. The molecule has 0 aliphatic heterocycles. The minimum Gasteiger partial charge on any atom is -0.330 e. The van der Waals surface area contributed by atoms with Crippen LogP contribution in [0.4, 0.5) is 0 Å². The molecule has 0 atom stereocenters. The van der Waals surface area contributed by atoms with Gasteiger partial charge in [-0.25, -0.2) is 0 Å². The fourth-order valence-electron chi connectivity index (χ4n) is 3.00. The molecule has 1 rings (SSSR count). The molecule has 1 aromatic rings. The number of nitrogens with two attached hydrogens (primary N) is 1. The first-order valence-corrected chi connectivity index (χ1v) is 7.95. The van der Waals surface area contributed by atoms with Crippen LogP contribution in [0, 0.1) is 28.6 Å². The van der Waals surface area contributed by atoms with E-state index < -0.39 is 0 Å². The lowest BCUT2D eigenvalue weighted by molar-refractivity contribution is 0.158. The van der Waals surface area contributed by atoms with E-state index in [9.17, 15) is 0 Å². The van der Waals surface area contributed by atoms with E-state index in [0.29, 0.717) is 5.92 Å². The highest BCUT2D eigenvalue weighted by Gasteiger charge is 2.33. The van der Waals surface area contributed by atoms with Crippen molar-refractivity contribution in [3.63, 3.8) is 0 Å². The van der Waals surface area contributed by atoms with Gasteiger partial charge >= 0.3 is 0 Å². The van der Waals surface area contributed by atoms with Crippen molar-refractivity contribution in [1.29, 1.82) is 0 Å². The average Bonchev–Trinajstić information content (AvgIpc) is 2.33. The minimum absolute atomic E-state index is 0.183. The standard InChI is InChI=1S/C20H31N/c1-19(2,3)18(20(4,5)6)13-12-17-10-7-9-16(15-17)11-8-14-21/h7,9-10,15,18H,8,11,14,21H2,1-6H3. The molecule has 0 saturated heterocycles. The van der Waals surface area contributed by atoms with Crippen LogP contribution < -0.4 is 5.73 Å². The summed E-state index contributed by atoms with van der Waals surface area (Å²) >= 11 is 0. The molecule has 0 amide bonds. The maximum atomic E-state index is 5.58. The van der Waals surface area contributed by atoms with Gasteiger partial charge in [0, 0.05) is 11.5 Å². The highest BCUT2D eigenvalue weighted by Crippen LogP contribution is 2.39. The molecule has 1 aromatic carbocycles. The fraction of sp³-hybridized carbons (Fsp3) is 0.600. The summed E-state index contributed by atoms with van der Waals surface area (Å²) in [6.45, 7) is 14.4. The second-order valence-corrected chi connectivity index (χ2v) is 8.03. The number of hydrogen-bond acceptors (Lipinski definition) is 1. The molecule has 1 nitrogen and oxygen atoms in total. The van der Waals surface area contributed by atoms with E-state index in [1.54, 1.807) is 0 Å². The number of rotatable bonds is 3. The molecule has 0 aliphatic carbocycles. The second-order valence-electron chi connectivity index (χ2n) is 8.03. The van der Waals surface area contributed by atoms with Crippen molar-refractivity contribution in [3.8, 4) is 11.8 Å². The van der Waals surface area contributed by atoms with Crippen LogP contribution in [0.1, 0.15) is 59.1 Å². The number of benzene rings is 1. The highest BCUT2D eigenvalue weighted by atomic mass is 14.5. The molecular weight excluding hydrogens is 254 g/mol. The normalized spacial score (nSPS) is 12.2. The predicted octanol–water partition coefficient (Wildman–Crippen LogP) is 4.64. The first-order chi connectivity index (χ1) is 9.64. The van der Waals surface area contributed by atoms with Gasteiger partial charge in [0.05, 0.1) is 0 Å². The van der Waals surface area contributed by atoms with E-state index in [0.717, 1.165) is 24.9 Å². The van der Waals surface area contributed by atoms with Gasteiger partial charge in [-0.2, -0.15) is 0 Å².